The average molecular weight is 1020 g/mol. The Bertz CT molecular complexity index is 4120. The van der Waals surface area contributed by atoms with Crippen LogP contribution in [0.4, 0.5) is 34.1 Å². The monoisotopic (exact) mass is 1020 g/mol. The van der Waals surface area contributed by atoms with Gasteiger partial charge in [-0.2, -0.15) is 0 Å². The van der Waals surface area contributed by atoms with E-state index in [0.717, 1.165) is 67.2 Å². The van der Waals surface area contributed by atoms with Gasteiger partial charge in [0.15, 0.2) is 20.8 Å². The number of hydrogen-bond acceptors (Lipinski definition) is 8. The predicted molar refractivity (Wildman–Crippen MR) is 330 cm³/mol. The Hall–Kier alpha value is -9.08. The number of hydrogen-bond donors (Lipinski definition) is 2. The van der Waals surface area contributed by atoms with E-state index in [-0.39, 0.29) is 40.9 Å². The number of allylic oxidation sites excluding steroid dienone is 8. The Morgan fingerprint density at radius 1 is 0.615 bits per heavy atom. The first-order chi connectivity index (χ1) is 41.1. The third-order valence-corrected chi connectivity index (χ3v) is 14.7. The molecule has 382 valence electrons. The topological polar surface area (TPSA) is 64.1 Å². The number of ether oxygens (including phenoxy) is 1. The molecule has 0 spiro atoms. The molecular weight excluding hydrogens is 954 g/mol. The molecule has 4 aliphatic heterocycles. The van der Waals surface area contributed by atoms with Crippen LogP contribution in [0.15, 0.2) is 225 Å². The zero-order chi connectivity index (χ0) is 59.3. The molecule has 78 heavy (non-hydrogen) atoms. The van der Waals surface area contributed by atoms with Crippen LogP contribution in [0, 0.1) is 0 Å². The summed E-state index contributed by atoms with van der Waals surface area (Å²) >= 11 is 0. The number of para-hydroxylation sites is 6. The van der Waals surface area contributed by atoms with Crippen molar-refractivity contribution >= 4 is 81.4 Å². The van der Waals surface area contributed by atoms with Crippen LogP contribution in [-0.4, -0.2) is 44.8 Å². The van der Waals surface area contributed by atoms with Crippen molar-refractivity contribution in [2.45, 2.75) is 45.8 Å². The fraction of sp³-hybridized carbons (Fsp3) is 0.149. The molecule has 2 aromatic heterocycles. The Morgan fingerprint density at radius 2 is 1.22 bits per heavy atom. The molecule has 2 radical (unpaired) electrons. The first-order valence-electron chi connectivity index (χ1n) is 30.0. The highest BCUT2D eigenvalue weighted by molar-refractivity contribution is 6.67. The minimum Gasteiger partial charge on any atom is -0.439 e. The van der Waals surface area contributed by atoms with E-state index in [0.29, 0.717) is 40.6 Å². The summed E-state index contributed by atoms with van der Waals surface area (Å²) < 4.78 is 71.9. The van der Waals surface area contributed by atoms with Gasteiger partial charge in [-0.05, 0) is 107 Å². The maximum Gasteiger partial charge on any atom is 0.221 e. The lowest BCUT2D eigenvalue weighted by Gasteiger charge is -2.30. The Morgan fingerprint density at radius 3 is 1.87 bits per heavy atom. The Labute approximate surface area is 470 Å². The molecule has 1 unspecified atom stereocenters. The zero-order valence-corrected chi connectivity index (χ0v) is 44.2. The summed E-state index contributed by atoms with van der Waals surface area (Å²) in [6.07, 6.45) is 22.8. The fourth-order valence-electron chi connectivity index (χ4n) is 11.1. The van der Waals surface area contributed by atoms with E-state index in [4.69, 9.17) is 16.6 Å². The van der Waals surface area contributed by atoms with Crippen LogP contribution in [0.3, 0.4) is 0 Å². The van der Waals surface area contributed by atoms with Gasteiger partial charge in [-0.3, -0.25) is 0 Å². The predicted octanol–water partition coefficient (Wildman–Crippen LogP) is 15.6. The third-order valence-electron chi connectivity index (χ3n) is 14.7. The number of rotatable bonds is 10. The lowest BCUT2D eigenvalue weighted by atomic mass is 9.63. The smallest absolute Gasteiger partial charge is 0.221 e. The number of pyridine rings is 1. The molecular formula is C67H62B2N8O. The summed E-state index contributed by atoms with van der Waals surface area (Å²) in [5, 5.41) is 7.23. The fourth-order valence-corrected chi connectivity index (χ4v) is 11.1. The van der Waals surface area contributed by atoms with Crippen molar-refractivity contribution in [3.05, 3.63) is 247 Å². The van der Waals surface area contributed by atoms with Gasteiger partial charge in [-0.25, -0.2) is 4.98 Å². The van der Waals surface area contributed by atoms with Crippen LogP contribution >= 0.6 is 0 Å². The molecule has 0 amide bonds. The van der Waals surface area contributed by atoms with Crippen molar-refractivity contribution in [3.8, 4) is 22.9 Å². The molecule has 8 aromatic rings. The molecule has 6 aromatic carbocycles. The number of benzene rings is 6. The highest BCUT2D eigenvalue weighted by atomic mass is 16.5. The van der Waals surface area contributed by atoms with E-state index < -0.39 is 19.3 Å². The second kappa shape index (κ2) is 21.5. The van der Waals surface area contributed by atoms with Gasteiger partial charge in [0.1, 0.15) is 12.4 Å². The average Bonchev–Trinajstić information content (AvgIpc) is 1.69. The van der Waals surface area contributed by atoms with Gasteiger partial charge in [0.2, 0.25) is 5.88 Å². The maximum atomic E-state index is 9.40. The molecule has 4 aliphatic rings. The molecule has 11 heteroatoms. The van der Waals surface area contributed by atoms with E-state index >= 15 is 0 Å². The van der Waals surface area contributed by atoms with Crippen LogP contribution < -0.4 is 35.0 Å². The van der Waals surface area contributed by atoms with Gasteiger partial charge in [0.05, 0.1) is 56.3 Å². The Balaban J connectivity index is 1.05. The number of fused-ring (bicyclic) bond motifs is 5. The maximum absolute atomic E-state index is 9.40. The summed E-state index contributed by atoms with van der Waals surface area (Å²) in [5.74, 6) is 5.05. The Kier molecular flexibility index (Phi) is 11.6. The largest absolute Gasteiger partial charge is 0.439 e. The normalized spacial score (nSPS) is 21.3. The molecule has 0 saturated carbocycles. The molecule has 12 rings (SSSR count). The van der Waals surface area contributed by atoms with Crippen LogP contribution in [0.5, 0.6) is 11.6 Å². The number of nitrogens with one attached hydrogen (secondary N) is 2. The lowest BCUT2D eigenvalue weighted by Crippen LogP contribution is -2.35. The molecule has 0 fully saturated rings. The standard InChI is InChI=1S/C67H62B2N8O/c1-45(2)49-22-17-23-50(46(3)4)65(49)57-41-47(42-64(72-57)78-48-33-34-52-51-21-7-8-28-58(51)77(63(52)43-48)67-73(5)59-29-9-10-30-60(59)74(67)6)75-44-76(62-32-12-11-31-61(62)75)66-53(55-26-19-39-70-37-15-13-35-68-55)24-18-25-54(66)56-27-20-40-71-38-16-14-36-69-56/h7-43,45-46,67,70-71H,44H2,1-6H3/b35-13-,36-14-,37-15-,38-16-,39-19-,40-20-,55-26-,56-27-/i5D3,7D,8D,21D,28D. The molecule has 6 heterocycles. The highest BCUT2D eigenvalue weighted by Crippen LogP contribution is 2.51. The number of nitrogens with zero attached hydrogens (tertiary/aromatic N) is 6. The van der Waals surface area contributed by atoms with Crippen LogP contribution in [0.2, 0.25) is 0 Å². The SMILES string of the molecule is [2H]c1c([2H])c([2H])c2c(c1[2H])c1ccc(Oc3cc(N4CN(c5c(/C6=C/C=C\N/C=C\C=C/[B]6)cccc5/C5=C/C=C\N/C=C\C=C/[B]5)c5ccccc54)cc(-c4c(C(C)C)cccc4C(C)C)n3)cc1n2C1N(C)c2ccccc2N1C([2H])([2H])[2H]. The molecule has 0 aliphatic carbocycles. The molecule has 1 atom stereocenters. The summed E-state index contributed by atoms with van der Waals surface area (Å²) in [6, 6.07) is 36.8. The van der Waals surface area contributed by atoms with Crippen molar-refractivity contribution in [2.24, 2.45) is 0 Å². The third kappa shape index (κ3) is 9.29. The van der Waals surface area contributed by atoms with Crippen molar-refractivity contribution < 1.29 is 14.3 Å². The number of aromatic nitrogens is 2. The van der Waals surface area contributed by atoms with Crippen molar-refractivity contribution in [3.63, 3.8) is 0 Å². The van der Waals surface area contributed by atoms with Gasteiger partial charge in [-0.1, -0.05) is 142 Å². The van der Waals surface area contributed by atoms with Crippen LogP contribution in [0.1, 0.15) is 77.7 Å². The highest BCUT2D eigenvalue weighted by Gasteiger charge is 2.35. The lowest BCUT2D eigenvalue weighted by molar-refractivity contribution is 0.463. The van der Waals surface area contributed by atoms with Crippen molar-refractivity contribution in [2.75, 3.05) is 40.3 Å². The molecule has 0 saturated heterocycles. The minimum absolute atomic E-state index is 0.145. The summed E-state index contributed by atoms with van der Waals surface area (Å²) in [4.78, 5) is 13.3. The van der Waals surface area contributed by atoms with Gasteiger partial charge < -0.3 is 39.5 Å². The molecule has 9 nitrogen and oxygen atoms in total. The summed E-state index contributed by atoms with van der Waals surface area (Å²) in [6.45, 7) is 6.52. The first kappa shape index (κ1) is 42.1. The minimum atomic E-state index is -2.66. The number of anilines is 6. The quantitative estimate of drug-likeness (QED) is 0.131. The second-order valence-electron chi connectivity index (χ2n) is 20.2. The van der Waals surface area contributed by atoms with E-state index in [9.17, 15) is 2.74 Å². The van der Waals surface area contributed by atoms with E-state index in [2.05, 4.69) is 154 Å². The van der Waals surface area contributed by atoms with E-state index in [1.165, 1.54) is 4.90 Å². The van der Waals surface area contributed by atoms with E-state index in [1.54, 1.807) is 41.9 Å². The van der Waals surface area contributed by atoms with Crippen molar-refractivity contribution in [1.82, 2.24) is 20.2 Å². The van der Waals surface area contributed by atoms with Crippen LogP contribution in [0.25, 0.3) is 44.0 Å². The van der Waals surface area contributed by atoms with Gasteiger partial charge >= 0.3 is 0 Å². The zero-order valence-electron chi connectivity index (χ0n) is 51.2. The van der Waals surface area contributed by atoms with Gasteiger partial charge in [-0.15, -0.1) is 12.0 Å². The van der Waals surface area contributed by atoms with Crippen molar-refractivity contribution in [1.29, 1.82) is 0 Å². The molecule has 2 N–H and O–H groups in total. The van der Waals surface area contributed by atoms with Gasteiger partial charge in [0, 0.05) is 71.4 Å². The van der Waals surface area contributed by atoms with Gasteiger partial charge in [0.25, 0.3) is 0 Å². The van der Waals surface area contributed by atoms with E-state index in [1.807, 2.05) is 84.4 Å². The molecule has 0 bridgehead atoms. The van der Waals surface area contributed by atoms with Crippen LogP contribution in [-0.2, 0) is 0 Å². The summed E-state index contributed by atoms with van der Waals surface area (Å²) in [5.41, 5.74) is 13.6. The first-order valence-corrected chi connectivity index (χ1v) is 26.5. The summed E-state index contributed by atoms with van der Waals surface area (Å²) in [7, 11) is 6.08. The second-order valence-corrected chi connectivity index (χ2v) is 20.2.